The third-order valence-corrected chi connectivity index (χ3v) is 4.63. The second-order valence-corrected chi connectivity index (χ2v) is 6.00. The van der Waals surface area contributed by atoms with Gasteiger partial charge in [0.15, 0.2) is 0 Å². The van der Waals surface area contributed by atoms with Crippen molar-refractivity contribution < 1.29 is 14.3 Å². The summed E-state index contributed by atoms with van der Waals surface area (Å²) in [6, 6.07) is 14.8. The number of methoxy groups -OCH3 is 2. The fourth-order valence-corrected chi connectivity index (χ4v) is 3.29. The highest BCUT2D eigenvalue weighted by molar-refractivity contribution is 5.96. The molecular formula is C20H20N2O3. The van der Waals surface area contributed by atoms with Crippen LogP contribution in [0.1, 0.15) is 33.8 Å². The van der Waals surface area contributed by atoms with E-state index in [1.807, 2.05) is 18.2 Å². The molecular weight excluding hydrogens is 316 g/mol. The minimum Gasteiger partial charge on any atom is -0.497 e. The van der Waals surface area contributed by atoms with E-state index in [0.717, 1.165) is 23.5 Å². The molecule has 0 bridgehead atoms. The van der Waals surface area contributed by atoms with Crippen molar-refractivity contribution in [3.8, 4) is 17.6 Å². The molecule has 0 spiro atoms. The van der Waals surface area contributed by atoms with Crippen LogP contribution in [0.2, 0.25) is 0 Å². The van der Waals surface area contributed by atoms with Crippen LogP contribution in [0.5, 0.6) is 11.5 Å². The average Bonchev–Trinajstić information content (AvgIpc) is 3.16. The van der Waals surface area contributed by atoms with Crippen molar-refractivity contribution in [3.05, 3.63) is 59.2 Å². The number of nitriles is 1. The number of amides is 1. The summed E-state index contributed by atoms with van der Waals surface area (Å²) in [5.41, 5.74) is 1.92. The SMILES string of the molecule is COc1ccc(OC)c([C@@H]2CCN(C(=O)c3ccccc3C#N)C2)c1. The molecule has 1 aliphatic rings. The van der Waals surface area contributed by atoms with Gasteiger partial charge in [-0.2, -0.15) is 5.26 Å². The van der Waals surface area contributed by atoms with Gasteiger partial charge in [-0.3, -0.25) is 4.79 Å². The first-order chi connectivity index (χ1) is 12.2. The standard InChI is InChI=1S/C20H20N2O3/c1-24-16-7-8-19(25-2)18(11-16)15-9-10-22(13-15)20(23)17-6-4-3-5-14(17)12-21/h3-8,11,15H,9-10,13H2,1-2H3/t15-/m1/s1. The Bertz CT molecular complexity index is 826. The van der Waals surface area contributed by atoms with E-state index < -0.39 is 0 Å². The molecule has 128 valence electrons. The van der Waals surface area contributed by atoms with E-state index in [1.165, 1.54) is 0 Å². The normalized spacial score (nSPS) is 16.4. The molecule has 1 atom stereocenters. The molecule has 0 saturated carbocycles. The van der Waals surface area contributed by atoms with Crippen molar-refractivity contribution in [2.75, 3.05) is 27.3 Å². The molecule has 0 aliphatic carbocycles. The molecule has 5 heteroatoms. The number of hydrogen-bond donors (Lipinski definition) is 0. The van der Waals surface area contributed by atoms with Crippen LogP contribution >= 0.6 is 0 Å². The Balaban J connectivity index is 1.82. The number of ether oxygens (including phenoxy) is 2. The average molecular weight is 336 g/mol. The molecule has 0 unspecified atom stereocenters. The second kappa shape index (κ2) is 7.27. The fraction of sp³-hybridized carbons (Fsp3) is 0.300. The van der Waals surface area contributed by atoms with Gasteiger partial charge in [-0.1, -0.05) is 12.1 Å². The van der Waals surface area contributed by atoms with Gasteiger partial charge in [0.2, 0.25) is 0 Å². The molecule has 25 heavy (non-hydrogen) atoms. The lowest BCUT2D eigenvalue weighted by Gasteiger charge is -2.19. The van der Waals surface area contributed by atoms with Crippen molar-refractivity contribution in [3.63, 3.8) is 0 Å². The quantitative estimate of drug-likeness (QED) is 0.860. The number of likely N-dealkylation sites (tertiary alicyclic amines) is 1. The maximum absolute atomic E-state index is 12.8. The van der Waals surface area contributed by atoms with Crippen LogP contribution in [0, 0.1) is 11.3 Å². The summed E-state index contributed by atoms with van der Waals surface area (Å²) < 4.78 is 10.8. The zero-order valence-electron chi connectivity index (χ0n) is 14.4. The van der Waals surface area contributed by atoms with E-state index in [4.69, 9.17) is 9.47 Å². The predicted molar refractivity (Wildman–Crippen MR) is 94.0 cm³/mol. The van der Waals surface area contributed by atoms with Gasteiger partial charge in [-0.05, 0) is 36.8 Å². The van der Waals surface area contributed by atoms with Crippen molar-refractivity contribution in [2.24, 2.45) is 0 Å². The second-order valence-electron chi connectivity index (χ2n) is 6.00. The zero-order valence-corrected chi connectivity index (χ0v) is 14.4. The number of benzene rings is 2. The van der Waals surface area contributed by atoms with Crippen LogP contribution in [0.4, 0.5) is 0 Å². The minimum atomic E-state index is -0.0958. The van der Waals surface area contributed by atoms with Gasteiger partial charge >= 0.3 is 0 Å². The minimum absolute atomic E-state index is 0.0958. The van der Waals surface area contributed by atoms with E-state index >= 15 is 0 Å². The molecule has 1 heterocycles. The first-order valence-electron chi connectivity index (χ1n) is 8.18. The van der Waals surface area contributed by atoms with Gasteiger partial charge in [-0.25, -0.2) is 0 Å². The van der Waals surface area contributed by atoms with Crippen LogP contribution in [-0.2, 0) is 0 Å². The van der Waals surface area contributed by atoms with Gasteiger partial charge < -0.3 is 14.4 Å². The van der Waals surface area contributed by atoms with E-state index in [1.54, 1.807) is 43.4 Å². The van der Waals surface area contributed by atoms with Gasteiger partial charge in [0.25, 0.3) is 5.91 Å². The van der Waals surface area contributed by atoms with Gasteiger partial charge in [-0.15, -0.1) is 0 Å². The Labute approximate surface area is 147 Å². The van der Waals surface area contributed by atoms with Crippen LogP contribution in [-0.4, -0.2) is 38.1 Å². The first-order valence-corrected chi connectivity index (χ1v) is 8.18. The van der Waals surface area contributed by atoms with Crippen LogP contribution in [0.15, 0.2) is 42.5 Å². The maximum Gasteiger partial charge on any atom is 0.255 e. The summed E-state index contributed by atoms with van der Waals surface area (Å²) in [7, 11) is 3.28. The molecule has 2 aromatic rings. The Morgan fingerprint density at radius 3 is 2.72 bits per heavy atom. The first kappa shape index (κ1) is 16.8. The molecule has 2 aromatic carbocycles. The molecule has 1 fully saturated rings. The molecule has 3 rings (SSSR count). The summed E-state index contributed by atoms with van der Waals surface area (Å²) in [4.78, 5) is 14.6. The molecule has 0 N–H and O–H groups in total. The topological polar surface area (TPSA) is 62.6 Å². The van der Waals surface area contributed by atoms with E-state index in [9.17, 15) is 10.1 Å². The third-order valence-electron chi connectivity index (χ3n) is 4.63. The fourth-order valence-electron chi connectivity index (χ4n) is 3.29. The van der Waals surface area contributed by atoms with Crippen molar-refractivity contribution in [1.29, 1.82) is 5.26 Å². The molecule has 0 aromatic heterocycles. The largest absolute Gasteiger partial charge is 0.497 e. The van der Waals surface area contributed by atoms with Crippen LogP contribution < -0.4 is 9.47 Å². The Hall–Kier alpha value is -3.00. The van der Waals surface area contributed by atoms with E-state index in [2.05, 4.69) is 6.07 Å². The predicted octanol–water partition coefficient (Wildman–Crippen LogP) is 3.21. The molecule has 1 amide bonds. The van der Waals surface area contributed by atoms with Crippen molar-refractivity contribution >= 4 is 5.91 Å². The number of carbonyl (C=O) groups is 1. The van der Waals surface area contributed by atoms with Gasteiger partial charge in [0, 0.05) is 24.6 Å². The Morgan fingerprint density at radius 1 is 1.20 bits per heavy atom. The van der Waals surface area contributed by atoms with Gasteiger partial charge in [0.05, 0.1) is 31.4 Å². The lowest BCUT2D eigenvalue weighted by atomic mass is 9.97. The highest BCUT2D eigenvalue weighted by Crippen LogP contribution is 2.36. The molecule has 5 nitrogen and oxygen atoms in total. The Morgan fingerprint density at radius 2 is 2.00 bits per heavy atom. The molecule has 1 aliphatic heterocycles. The summed E-state index contributed by atoms with van der Waals surface area (Å²) in [5.74, 6) is 1.66. The smallest absolute Gasteiger partial charge is 0.255 e. The highest BCUT2D eigenvalue weighted by Gasteiger charge is 2.30. The van der Waals surface area contributed by atoms with E-state index in [-0.39, 0.29) is 11.8 Å². The summed E-state index contributed by atoms with van der Waals surface area (Å²) in [6.45, 7) is 1.26. The molecule has 0 radical (unpaired) electrons. The number of rotatable bonds is 4. The van der Waals surface area contributed by atoms with Crippen LogP contribution in [0.25, 0.3) is 0 Å². The van der Waals surface area contributed by atoms with Crippen molar-refractivity contribution in [1.82, 2.24) is 4.90 Å². The zero-order chi connectivity index (χ0) is 17.8. The van der Waals surface area contributed by atoms with Gasteiger partial charge in [0.1, 0.15) is 11.5 Å². The van der Waals surface area contributed by atoms with E-state index in [0.29, 0.717) is 24.2 Å². The van der Waals surface area contributed by atoms with Crippen LogP contribution in [0.3, 0.4) is 0 Å². The number of carbonyl (C=O) groups excluding carboxylic acids is 1. The summed E-state index contributed by atoms with van der Waals surface area (Å²) >= 11 is 0. The third kappa shape index (κ3) is 3.29. The maximum atomic E-state index is 12.8. The number of hydrogen-bond acceptors (Lipinski definition) is 4. The lowest BCUT2D eigenvalue weighted by molar-refractivity contribution is 0.0790. The monoisotopic (exact) mass is 336 g/mol. The number of nitrogens with zero attached hydrogens (tertiary/aromatic N) is 2. The highest BCUT2D eigenvalue weighted by atomic mass is 16.5. The summed E-state index contributed by atoms with van der Waals surface area (Å²) in [6.07, 6.45) is 0.851. The lowest BCUT2D eigenvalue weighted by Crippen LogP contribution is -2.29. The molecule has 1 saturated heterocycles. The Kier molecular flexibility index (Phi) is 4.90. The summed E-state index contributed by atoms with van der Waals surface area (Å²) in [5, 5.41) is 9.21. The van der Waals surface area contributed by atoms with Crippen molar-refractivity contribution in [2.45, 2.75) is 12.3 Å².